The predicted octanol–water partition coefficient (Wildman–Crippen LogP) is 1.71. The summed E-state index contributed by atoms with van der Waals surface area (Å²) in [7, 11) is 1.66. The topological polar surface area (TPSA) is 66.6 Å². The molecule has 0 aromatic carbocycles. The molecule has 1 rings (SSSR count). The van der Waals surface area contributed by atoms with Crippen LogP contribution in [-0.4, -0.2) is 44.6 Å². The monoisotopic (exact) mass is 282 g/mol. The lowest BCUT2D eigenvalue weighted by molar-refractivity contribution is 0.0643. The van der Waals surface area contributed by atoms with Crippen LogP contribution in [0.2, 0.25) is 0 Å². The molecule has 20 heavy (non-hydrogen) atoms. The maximum atomic E-state index is 5.84. The summed E-state index contributed by atoms with van der Waals surface area (Å²) in [6, 6.07) is 3.99. The third kappa shape index (κ3) is 6.84. The Morgan fingerprint density at radius 2 is 2.00 bits per heavy atom. The number of nitrogens with zero attached hydrogens (tertiary/aromatic N) is 1. The first-order valence-corrected chi connectivity index (χ1v) is 7.05. The van der Waals surface area contributed by atoms with Crippen LogP contribution >= 0.6 is 0 Å². The van der Waals surface area contributed by atoms with Crippen molar-refractivity contribution in [2.75, 3.05) is 33.5 Å². The number of ether oxygens (including phenoxy) is 3. The molecule has 0 saturated carbocycles. The number of hydrogen-bond donors (Lipinski definition) is 1. The van der Waals surface area contributed by atoms with Gasteiger partial charge in [0.25, 0.3) is 0 Å². The summed E-state index contributed by atoms with van der Waals surface area (Å²) in [5.74, 6) is 0.824. The summed E-state index contributed by atoms with van der Waals surface area (Å²) in [4.78, 5) is 4.50. The normalized spacial score (nSPS) is 12.4. The van der Waals surface area contributed by atoms with E-state index in [1.807, 2.05) is 26.0 Å². The van der Waals surface area contributed by atoms with Crippen molar-refractivity contribution in [3.63, 3.8) is 0 Å². The number of rotatable bonds is 10. The standard InChI is InChI=1S/C15H26N2O3/c1-12(16)11-14-15(6-5-13(2)17-14)20-8-4-7-19-10-9-18-3/h5-6,12H,4,7-11,16H2,1-3H3. The molecule has 0 spiro atoms. The molecule has 1 atom stereocenters. The fraction of sp³-hybridized carbons (Fsp3) is 0.667. The highest BCUT2D eigenvalue weighted by atomic mass is 16.5. The zero-order valence-electron chi connectivity index (χ0n) is 12.7. The molecule has 1 heterocycles. The number of aromatic nitrogens is 1. The minimum atomic E-state index is 0.0732. The largest absolute Gasteiger partial charge is 0.492 e. The third-order valence-electron chi connectivity index (χ3n) is 2.71. The molecule has 0 radical (unpaired) electrons. The first kappa shape index (κ1) is 16.9. The smallest absolute Gasteiger partial charge is 0.140 e. The fourth-order valence-electron chi connectivity index (χ4n) is 1.77. The summed E-state index contributed by atoms with van der Waals surface area (Å²) in [5.41, 5.74) is 7.75. The van der Waals surface area contributed by atoms with Gasteiger partial charge in [-0.1, -0.05) is 0 Å². The van der Waals surface area contributed by atoms with Crippen molar-refractivity contribution in [1.82, 2.24) is 4.98 Å². The average molecular weight is 282 g/mol. The first-order chi connectivity index (χ1) is 9.63. The molecule has 0 fully saturated rings. The van der Waals surface area contributed by atoms with E-state index in [1.54, 1.807) is 7.11 Å². The van der Waals surface area contributed by atoms with Gasteiger partial charge >= 0.3 is 0 Å². The molecule has 1 unspecified atom stereocenters. The van der Waals surface area contributed by atoms with E-state index in [0.29, 0.717) is 26.4 Å². The van der Waals surface area contributed by atoms with Crippen molar-refractivity contribution in [3.8, 4) is 5.75 Å². The van der Waals surface area contributed by atoms with Gasteiger partial charge in [0, 0.05) is 38.3 Å². The second-order valence-electron chi connectivity index (χ2n) is 4.89. The number of methoxy groups -OCH3 is 1. The summed E-state index contributed by atoms with van der Waals surface area (Å²) in [6.07, 6.45) is 1.57. The van der Waals surface area contributed by atoms with Gasteiger partial charge < -0.3 is 19.9 Å². The highest BCUT2D eigenvalue weighted by Gasteiger charge is 2.08. The van der Waals surface area contributed by atoms with E-state index >= 15 is 0 Å². The molecule has 114 valence electrons. The summed E-state index contributed by atoms with van der Waals surface area (Å²) in [5, 5.41) is 0. The van der Waals surface area contributed by atoms with Crippen LogP contribution in [0.15, 0.2) is 12.1 Å². The molecule has 1 aromatic rings. The second-order valence-corrected chi connectivity index (χ2v) is 4.89. The van der Waals surface area contributed by atoms with Crippen molar-refractivity contribution in [2.45, 2.75) is 32.7 Å². The van der Waals surface area contributed by atoms with E-state index in [9.17, 15) is 0 Å². The summed E-state index contributed by atoms with van der Waals surface area (Å²) in [6.45, 7) is 6.48. The van der Waals surface area contributed by atoms with Gasteiger partial charge in [-0.25, -0.2) is 0 Å². The number of nitrogens with two attached hydrogens (primary N) is 1. The van der Waals surface area contributed by atoms with E-state index < -0.39 is 0 Å². The van der Waals surface area contributed by atoms with Crippen LogP contribution in [0.4, 0.5) is 0 Å². The Balaban J connectivity index is 2.35. The minimum Gasteiger partial charge on any atom is -0.492 e. The van der Waals surface area contributed by atoms with Crippen LogP contribution in [0.5, 0.6) is 5.75 Å². The Morgan fingerprint density at radius 1 is 1.20 bits per heavy atom. The molecule has 0 aliphatic heterocycles. The van der Waals surface area contributed by atoms with Crippen molar-refractivity contribution >= 4 is 0 Å². The SMILES string of the molecule is COCCOCCCOc1ccc(C)nc1CC(C)N. The highest BCUT2D eigenvalue weighted by Crippen LogP contribution is 2.18. The molecular weight excluding hydrogens is 256 g/mol. The van der Waals surface area contributed by atoms with Gasteiger partial charge in [-0.05, 0) is 26.0 Å². The summed E-state index contributed by atoms with van der Waals surface area (Å²) < 4.78 is 16.1. The predicted molar refractivity (Wildman–Crippen MR) is 79.1 cm³/mol. The van der Waals surface area contributed by atoms with Gasteiger partial charge in [0.1, 0.15) is 5.75 Å². The number of aryl methyl sites for hydroxylation is 1. The van der Waals surface area contributed by atoms with E-state index in [4.69, 9.17) is 19.9 Å². The number of pyridine rings is 1. The Bertz CT molecular complexity index is 383. The van der Waals surface area contributed by atoms with Gasteiger partial charge in [0.15, 0.2) is 0 Å². The molecule has 5 heteroatoms. The summed E-state index contributed by atoms with van der Waals surface area (Å²) >= 11 is 0. The molecule has 0 saturated heterocycles. The van der Waals surface area contributed by atoms with E-state index in [1.165, 1.54) is 0 Å². The zero-order valence-corrected chi connectivity index (χ0v) is 12.7. The maximum absolute atomic E-state index is 5.84. The van der Waals surface area contributed by atoms with Crippen molar-refractivity contribution < 1.29 is 14.2 Å². The Hall–Kier alpha value is -1.17. The zero-order chi connectivity index (χ0) is 14.8. The molecule has 0 aliphatic carbocycles. The lowest BCUT2D eigenvalue weighted by atomic mass is 10.1. The van der Waals surface area contributed by atoms with Crippen LogP contribution in [0, 0.1) is 6.92 Å². The molecular formula is C15H26N2O3. The highest BCUT2D eigenvalue weighted by molar-refractivity contribution is 5.29. The lowest BCUT2D eigenvalue weighted by Crippen LogP contribution is -2.19. The van der Waals surface area contributed by atoms with Crippen molar-refractivity contribution in [3.05, 3.63) is 23.5 Å². The van der Waals surface area contributed by atoms with E-state index in [-0.39, 0.29) is 6.04 Å². The first-order valence-electron chi connectivity index (χ1n) is 7.05. The fourth-order valence-corrected chi connectivity index (χ4v) is 1.77. The van der Waals surface area contributed by atoms with Gasteiger partial charge in [0.05, 0.1) is 25.5 Å². The van der Waals surface area contributed by atoms with Crippen LogP contribution in [0.3, 0.4) is 0 Å². The van der Waals surface area contributed by atoms with Gasteiger partial charge in [-0.2, -0.15) is 0 Å². The van der Waals surface area contributed by atoms with Crippen molar-refractivity contribution in [1.29, 1.82) is 0 Å². The minimum absolute atomic E-state index is 0.0732. The molecule has 2 N–H and O–H groups in total. The third-order valence-corrected chi connectivity index (χ3v) is 2.71. The number of hydrogen-bond acceptors (Lipinski definition) is 5. The van der Waals surface area contributed by atoms with Crippen LogP contribution in [0.1, 0.15) is 24.7 Å². The van der Waals surface area contributed by atoms with Gasteiger partial charge in [-0.3, -0.25) is 4.98 Å². The van der Waals surface area contributed by atoms with Crippen LogP contribution in [-0.2, 0) is 15.9 Å². The van der Waals surface area contributed by atoms with Crippen LogP contribution < -0.4 is 10.5 Å². The molecule has 5 nitrogen and oxygen atoms in total. The molecule has 0 amide bonds. The lowest BCUT2D eigenvalue weighted by Gasteiger charge is -2.13. The second kappa shape index (κ2) is 9.69. The Morgan fingerprint density at radius 3 is 2.70 bits per heavy atom. The molecule has 0 aliphatic rings. The van der Waals surface area contributed by atoms with E-state index in [0.717, 1.165) is 30.0 Å². The maximum Gasteiger partial charge on any atom is 0.140 e. The quantitative estimate of drug-likeness (QED) is 0.662. The van der Waals surface area contributed by atoms with E-state index in [2.05, 4.69) is 4.98 Å². The average Bonchev–Trinajstić information content (AvgIpc) is 2.39. The Labute approximate surface area is 121 Å². The van der Waals surface area contributed by atoms with Gasteiger partial charge in [0.2, 0.25) is 0 Å². The van der Waals surface area contributed by atoms with Crippen molar-refractivity contribution in [2.24, 2.45) is 5.73 Å². The van der Waals surface area contributed by atoms with Crippen LogP contribution in [0.25, 0.3) is 0 Å². The molecule has 0 bridgehead atoms. The van der Waals surface area contributed by atoms with Gasteiger partial charge in [-0.15, -0.1) is 0 Å². The molecule has 1 aromatic heterocycles. The Kier molecular flexibility index (Phi) is 8.18.